The van der Waals surface area contributed by atoms with Gasteiger partial charge in [-0.2, -0.15) is 26.0 Å². The number of hydrogen-bond acceptors (Lipinski definition) is 10. The molecule has 0 bridgehead atoms. The van der Waals surface area contributed by atoms with Crippen LogP contribution in [0.5, 0.6) is 0 Å². The molecule has 0 spiro atoms. The highest BCUT2D eigenvalue weighted by molar-refractivity contribution is 7.61. The molecule has 0 saturated heterocycles. The molecule has 148 valence electrons. The van der Waals surface area contributed by atoms with Crippen molar-refractivity contribution in [2.45, 2.75) is 6.18 Å². The summed E-state index contributed by atoms with van der Waals surface area (Å²) in [5.41, 5.74) is 0.547. The summed E-state index contributed by atoms with van der Waals surface area (Å²) in [6, 6.07) is 4.09. The van der Waals surface area contributed by atoms with Gasteiger partial charge in [-0.3, -0.25) is 10.7 Å². The molecule has 0 unspecified atom stereocenters. The lowest BCUT2D eigenvalue weighted by Crippen LogP contribution is -2.22. The first-order valence-electron chi connectivity index (χ1n) is 6.81. The van der Waals surface area contributed by atoms with Crippen molar-refractivity contribution >= 4 is 27.8 Å². The van der Waals surface area contributed by atoms with Crippen LogP contribution in [0.1, 0.15) is 11.3 Å². The quantitative estimate of drug-likeness (QED) is 0.239. The number of aromatic nitrogens is 2. The van der Waals surface area contributed by atoms with Crippen LogP contribution >= 0.6 is 0 Å². The number of amidine groups is 1. The Morgan fingerprint density at radius 2 is 2.04 bits per heavy atom. The van der Waals surface area contributed by atoms with E-state index >= 15 is 0 Å². The summed E-state index contributed by atoms with van der Waals surface area (Å²) in [6.07, 6.45) is -4.55. The molecule has 0 aliphatic carbocycles. The molecule has 0 radical (unpaired) electrons. The summed E-state index contributed by atoms with van der Waals surface area (Å²) in [7, 11) is -2.56. The Kier molecular flexibility index (Phi) is 7.82. The molecule has 6 N–H and O–H groups in total. The summed E-state index contributed by atoms with van der Waals surface area (Å²) in [6.45, 7) is -0.0630. The van der Waals surface area contributed by atoms with E-state index in [4.69, 9.17) is 0 Å². The topological polar surface area (TPSA) is 177 Å². The third-order valence-corrected chi connectivity index (χ3v) is 3.23. The van der Waals surface area contributed by atoms with Gasteiger partial charge < -0.3 is 11.5 Å². The maximum Gasteiger partial charge on any atom is 0.416 e. The molecule has 0 fully saturated rings. The number of nitrogens with zero attached hydrogens (tertiary/aromatic N) is 4. The van der Waals surface area contributed by atoms with Crippen molar-refractivity contribution in [2.75, 3.05) is 18.4 Å². The number of hydroxylamine groups is 1. The Morgan fingerprint density at radius 1 is 1.30 bits per heavy atom. The second-order valence-corrected chi connectivity index (χ2v) is 5.27. The first-order valence-corrected chi connectivity index (χ1v) is 7.84. The van der Waals surface area contributed by atoms with Crippen LogP contribution in [-0.2, 0) is 16.7 Å². The van der Waals surface area contributed by atoms with Crippen LogP contribution in [0.4, 0.5) is 24.7 Å². The summed E-state index contributed by atoms with van der Waals surface area (Å²) >= 11 is 0. The Bertz CT molecular complexity index is 919. The van der Waals surface area contributed by atoms with Gasteiger partial charge in [0.05, 0.1) is 17.8 Å². The predicted octanol–water partition coefficient (Wildman–Crippen LogP) is 1.78. The van der Waals surface area contributed by atoms with E-state index in [9.17, 15) is 26.8 Å². The number of benzene rings is 1. The van der Waals surface area contributed by atoms with Gasteiger partial charge in [0, 0.05) is 6.54 Å². The largest absolute Gasteiger partial charge is 0.416 e. The Labute approximate surface area is 151 Å². The molecule has 15 heteroatoms. The zero-order valence-corrected chi connectivity index (χ0v) is 14.3. The highest BCUT2D eigenvalue weighted by Crippen LogP contribution is 2.31. The highest BCUT2D eigenvalue weighted by atomic mass is 32.2. The Morgan fingerprint density at radius 3 is 2.67 bits per heavy atom. The number of alkyl halides is 3. The SMILES string of the molecule is N.O=S(=O)=NCCNc1nonc1C(=Nc1cccc(C(F)(F)F)c1)NO. The lowest BCUT2D eigenvalue weighted by Gasteiger charge is -2.08. The van der Waals surface area contributed by atoms with Gasteiger partial charge in [0.1, 0.15) is 0 Å². The number of nitrogens with one attached hydrogen (secondary N) is 2. The van der Waals surface area contributed by atoms with Crippen molar-refractivity contribution in [3.63, 3.8) is 0 Å². The van der Waals surface area contributed by atoms with E-state index in [0.717, 1.165) is 18.2 Å². The first-order chi connectivity index (χ1) is 12.3. The summed E-state index contributed by atoms with van der Waals surface area (Å²) in [5.74, 6) is -0.360. The van der Waals surface area contributed by atoms with Crippen LogP contribution in [0.2, 0.25) is 0 Å². The van der Waals surface area contributed by atoms with Crippen molar-refractivity contribution in [3.8, 4) is 0 Å². The standard InChI is InChI=1S/C12H11F3N6O4S.H3N/c13-12(14,15)7-2-1-3-8(6-7)18-11(19-22)9-10(21-25-20-9)16-4-5-17-26(23)24;/h1-3,6,22H,4-5H2,(H,16,21)(H,18,19);1H3. The van der Waals surface area contributed by atoms with E-state index in [1.165, 1.54) is 6.07 Å². The molecule has 11 nitrogen and oxygen atoms in total. The maximum atomic E-state index is 12.7. The molecule has 1 aromatic heterocycles. The van der Waals surface area contributed by atoms with Gasteiger partial charge in [0.15, 0.2) is 11.5 Å². The summed E-state index contributed by atoms with van der Waals surface area (Å²) < 4.78 is 66.5. The third-order valence-electron chi connectivity index (χ3n) is 2.83. The van der Waals surface area contributed by atoms with E-state index < -0.39 is 22.2 Å². The van der Waals surface area contributed by atoms with Crippen LogP contribution in [0.3, 0.4) is 0 Å². The van der Waals surface area contributed by atoms with Gasteiger partial charge >= 0.3 is 16.7 Å². The van der Waals surface area contributed by atoms with E-state index in [2.05, 4.69) is 29.6 Å². The molecular formula is C12H14F3N7O4S. The molecular weight excluding hydrogens is 395 g/mol. The molecule has 2 rings (SSSR count). The molecule has 1 aromatic carbocycles. The molecule has 0 atom stereocenters. The van der Waals surface area contributed by atoms with Crippen LogP contribution in [-0.4, -0.2) is 42.9 Å². The van der Waals surface area contributed by atoms with E-state index in [-0.39, 0.29) is 42.3 Å². The fourth-order valence-electron chi connectivity index (χ4n) is 1.77. The monoisotopic (exact) mass is 409 g/mol. The fourth-order valence-corrected chi connectivity index (χ4v) is 2.01. The number of hydrogen-bond donors (Lipinski definition) is 4. The fraction of sp³-hybridized carbons (Fsp3) is 0.250. The highest BCUT2D eigenvalue weighted by Gasteiger charge is 2.30. The zero-order valence-electron chi connectivity index (χ0n) is 13.4. The van der Waals surface area contributed by atoms with Gasteiger partial charge in [-0.15, -0.1) is 0 Å². The summed E-state index contributed by atoms with van der Waals surface area (Å²) in [4.78, 5) is 3.84. The average molecular weight is 409 g/mol. The number of halogens is 3. The Hall–Kier alpha value is -3.04. The van der Waals surface area contributed by atoms with E-state index in [1.807, 2.05) is 0 Å². The summed E-state index contributed by atoms with van der Waals surface area (Å²) in [5, 5.41) is 18.8. The van der Waals surface area contributed by atoms with Crippen molar-refractivity contribution in [1.29, 1.82) is 0 Å². The normalized spacial score (nSPS) is 11.5. The minimum atomic E-state index is -4.55. The molecule has 1 heterocycles. The molecule has 2 aromatic rings. The lowest BCUT2D eigenvalue weighted by molar-refractivity contribution is -0.137. The lowest BCUT2D eigenvalue weighted by atomic mass is 10.2. The van der Waals surface area contributed by atoms with Crippen LogP contribution < -0.4 is 16.9 Å². The Balaban J connectivity index is 0.00000364. The van der Waals surface area contributed by atoms with Crippen molar-refractivity contribution < 1.29 is 31.4 Å². The van der Waals surface area contributed by atoms with Crippen LogP contribution in [0.15, 0.2) is 38.2 Å². The predicted molar refractivity (Wildman–Crippen MR) is 86.6 cm³/mol. The van der Waals surface area contributed by atoms with Gasteiger partial charge in [0.25, 0.3) is 0 Å². The van der Waals surface area contributed by atoms with Gasteiger partial charge in [-0.05, 0) is 28.5 Å². The van der Waals surface area contributed by atoms with Crippen molar-refractivity contribution in [3.05, 3.63) is 35.5 Å². The van der Waals surface area contributed by atoms with Crippen molar-refractivity contribution in [1.82, 2.24) is 21.9 Å². The molecule has 0 saturated carbocycles. The first kappa shape index (κ1) is 22.0. The minimum absolute atomic E-state index is 0. The molecule has 0 amide bonds. The molecule has 27 heavy (non-hydrogen) atoms. The minimum Gasteiger partial charge on any atom is -0.363 e. The smallest absolute Gasteiger partial charge is 0.363 e. The van der Waals surface area contributed by atoms with Crippen LogP contribution in [0, 0.1) is 0 Å². The maximum absolute atomic E-state index is 12.7. The molecule has 0 aliphatic heterocycles. The third kappa shape index (κ3) is 6.32. The number of aliphatic imine (C=N–C) groups is 1. The van der Waals surface area contributed by atoms with Crippen molar-refractivity contribution in [2.24, 2.45) is 9.36 Å². The van der Waals surface area contributed by atoms with Gasteiger partial charge in [0.2, 0.25) is 5.82 Å². The van der Waals surface area contributed by atoms with E-state index in [1.54, 1.807) is 5.48 Å². The average Bonchev–Trinajstić information content (AvgIpc) is 3.04. The zero-order chi connectivity index (χ0) is 19.2. The number of rotatable bonds is 6. The van der Waals surface area contributed by atoms with Gasteiger partial charge in [-0.25, -0.2) is 9.62 Å². The van der Waals surface area contributed by atoms with Gasteiger partial charge in [-0.1, -0.05) is 6.07 Å². The van der Waals surface area contributed by atoms with E-state index in [0.29, 0.717) is 0 Å². The molecule has 0 aliphatic rings. The van der Waals surface area contributed by atoms with Crippen LogP contribution in [0.25, 0.3) is 0 Å². The second kappa shape index (κ2) is 9.60. The second-order valence-electron chi connectivity index (χ2n) is 4.58. The number of anilines is 1.